The summed E-state index contributed by atoms with van der Waals surface area (Å²) in [7, 11) is -3.35. The van der Waals surface area contributed by atoms with Crippen LogP contribution in [0, 0.1) is 11.8 Å². The summed E-state index contributed by atoms with van der Waals surface area (Å²) < 4.78 is 33.9. The van der Waals surface area contributed by atoms with Crippen LogP contribution in [0.25, 0.3) is 11.3 Å². The third-order valence-corrected chi connectivity index (χ3v) is 9.26. The van der Waals surface area contributed by atoms with E-state index in [9.17, 15) is 13.2 Å². The molecule has 1 N–H and O–H groups in total. The summed E-state index contributed by atoms with van der Waals surface area (Å²) in [6.45, 7) is 5.85. The van der Waals surface area contributed by atoms with Crippen LogP contribution in [0.5, 0.6) is 0 Å². The van der Waals surface area contributed by atoms with Crippen molar-refractivity contribution in [1.29, 1.82) is 0 Å². The van der Waals surface area contributed by atoms with Crippen LogP contribution in [0.4, 0.5) is 0 Å². The zero-order chi connectivity index (χ0) is 29.7. The van der Waals surface area contributed by atoms with Gasteiger partial charge < -0.3 is 9.84 Å². The predicted octanol–water partition coefficient (Wildman–Crippen LogP) is 3.66. The molecule has 0 unspecified atom stereocenters. The second-order valence-corrected chi connectivity index (χ2v) is 13.1. The molecule has 0 spiro atoms. The highest BCUT2D eigenvalue weighted by Gasteiger charge is 2.30. The number of fused-ring (bicyclic) bond motifs is 1. The molecular weight excluding hydrogens is 576 g/mol. The number of nitrogens with zero attached hydrogens (tertiary/aromatic N) is 4. The van der Waals surface area contributed by atoms with Crippen LogP contribution in [0.15, 0.2) is 42.5 Å². The van der Waals surface area contributed by atoms with Crippen molar-refractivity contribution in [1.82, 2.24) is 19.0 Å². The lowest BCUT2D eigenvalue weighted by Crippen LogP contribution is -2.37. The number of hydrogen-bond donors (Lipinski definition) is 1. The molecule has 0 saturated carbocycles. The van der Waals surface area contributed by atoms with Crippen LogP contribution in [0.3, 0.4) is 0 Å². The van der Waals surface area contributed by atoms with E-state index >= 15 is 0 Å². The van der Waals surface area contributed by atoms with Crippen molar-refractivity contribution in [2.45, 2.75) is 38.8 Å². The SMILES string of the molecule is CS(=O)(=O)N1CCc2c(c(-c3ccc(Cl)c(C#Cc4ccc(CCC(=O)O)cc4)c3)nn2CCCN2CCOCC2)C1. The molecule has 3 heterocycles. The molecular formula is C31H35ClN4O5S. The lowest BCUT2D eigenvalue weighted by molar-refractivity contribution is -0.136. The first-order chi connectivity index (χ1) is 20.2. The van der Waals surface area contributed by atoms with Crippen LogP contribution < -0.4 is 0 Å². The number of hydrogen-bond acceptors (Lipinski definition) is 6. The van der Waals surface area contributed by atoms with Crippen LogP contribution in [-0.2, 0) is 45.5 Å². The van der Waals surface area contributed by atoms with E-state index in [2.05, 4.69) is 21.4 Å². The number of aromatic nitrogens is 2. The number of morpholine rings is 1. The molecule has 0 bridgehead atoms. The van der Waals surface area contributed by atoms with E-state index in [-0.39, 0.29) is 13.0 Å². The zero-order valence-electron chi connectivity index (χ0n) is 23.7. The van der Waals surface area contributed by atoms with Gasteiger partial charge in [0.15, 0.2) is 0 Å². The van der Waals surface area contributed by atoms with E-state index in [0.29, 0.717) is 30.0 Å². The number of sulfonamides is 1. The molecule has 2 aliphatic heterocycles. The van der Waals surface area contributed by atoms with Gasteiger partial charge in [0.2, 0.25) is 10.0 Å². The van der Waals surface area contributed by atoms with E-state index in [0.717, 1.165) is 79.5 Å². The molecule has 1 aromatic heterocycles. The number of ether oxygens (including phenoxy) is 1. The van der Waals surface area contributed by atoms with Gasteiger partial charge in [0.1, 0.15) is 0 Å². The monoisotopic (exact) mass is 610 g/mol. The summed E-state index contributed by atoms with van der Waals surface area (Å²) in [4.78, 5) is 13.2. The first-order valence-electron chi connectivity index (χ1n) is 14.1. The summed E-state index contributed by atoms with van der Waals surface area (Å²) in [5.41, 5.74) is 5.99. The summed E-state index contributed by atoms with van der Waals surface area (Å²) in [6.07, 6.45) is 3.35. The second kappa shape index (κ2) is 13.4. The van der Waals surface area contributed by atoms with Crippen molar-refractivity contribution in [2.75, 3.05) is 45.6 Å². The number of carboxylic acids is 1. The quantitative estimate of drug-likeness (QED) is 0.369. The smallest absolute Gasteiger partial charge is 0.303 e. The van der Waals surface area contributed by atoms with Gasteiger partial charge in [-0.2, -0.15) is 9.40 Å². The number of benzene rings is 2. The van der Waals surface area contributed by atoms with Gasteiger partial charge in [0.05, 0.1) is 30.2 Å². The van der Waals surface area contributed by atoms with Crippen LogP contribution in [-0.4, -0.2) is 84.1 Å². The molecule has 5 rings (SSSR count). The maximum Gasteiger partial charge on any atom is 0.303 e. The number of carboxylic acid groups (broad SMARTS) is 1. The van der Waals surface area contributed by atoms with Crippen molar-refractivity contribution >= 4 is 27.6 Å². The van der Waals surface area contributed by atoms with Gasteiger partial charge in [-0.15, -0.1) is 0 Å². The summed E-state index contributed by atoms with van der Waals surface area (Å²) in [5.74, 6) is 5.49. The van der Waals surface area contributed by atoms with E-state index in [4.69, 9.17) is 26.5 Å². The number of aryl methyl sites for hydroxylation is 2. The van der Waals surface area contributed by atoms with Gasteiger partial charge in [0.25, 0.3) is 0 Å². The molecule has 42 heavy (non-hydrogen) atoms. The van der Waals surface area contributed by atoms with Gasteiger partial charge in [0, 0.05) is 80.1 Å². The fourth-order valence-electron chi connectivity index (χ4n) is 5.35. The van der Waals surface area contributed by atoms with Crippen molar-refractivity contribution in [3.8, 4) is 23.1 Å². The highest BCUT2D eigenvalue weighted by Crippen LogP contribution is 2.33. The Morgan fingerprint density at radius 2 is 1.83 bits per heavy atom. The molecule has 0 atom stereocenters. The molecule has 0 radical (unpaired) electrons. The molecule has 1 saturated heterocycles. The normalized spacial score (nSPS) is 16.0. The first-order valence-corrected chi connectivity index (χ1v) is 16.4. The molecule has 2 aliphatic rings. The third kappa shape index (κ3) is 7.60. The fourth-order valence-corrected chi connectivity index (χ4v) is 6.30. The van der Waals surface area contributed by atoms with Crippen molar-refractivity contribution < 1.29 is 23.1 Å². The lowest BCUT2D eigenvalue weighted by atomic mass is 10.0. The van der Waals surface area contributed by atoms with Crippen molar-refractivity contribution in [2.24, 2.45) is 0 Å². The average molecular weight is 611 g/mol. The standard InChI is InChI=1S/C31H35ClN4O5S/c1-42(39,40)35-16-13-29-27(22-35)31(33-36(29)15-2-14-34-17-19-41-20-18-34)26-10-11-28(32)25(21-26)9-7-23-3-5-24(6-4-23)8-12-30(37)38/h3-6,10-11,21H,2,8,12-20,22H2,1H3,(H,37,38). The maximum atomic E-state index is 12.4. The molecule has 9 nitrogen and oxygen atoms in total. The Morgan fingerprint density at radius 3 is 2.55 bits per heavy atom. The number of aliphatic carboxylic acids is 1. The van der Waals surface area contributed by atoms with Crippen LogP contribution in [0.1, 0.15) is 40.8 Å². The highest BCUT2D eigenvalue weighted by atomic mass is 35.5. The topological polar surface area (TPSA) is 105 Å². The average Bonchev–Trinajstić information content (AvgIpc) is 3.34. The summed E-state index contributed by atoms with van der Waals surface area (Å²) in [6, 6.07) is 13.1. The third-order valence-electron chi connectivity index (χ3n) is 7.68. The van der Waals surface area contributed by atoms with Crippen LogP contribution in [0.2, 0.25) is 5.02 Å². The Bertz CT molecular complexity index is 1600. The predicted molar refractivity (Wildman–Crippen MR) is 162 cm³/mol. The Balaban J connectivity index is 1.40. The minimum absolute atomic E-state index is 0.0860. The van der Waals surface area contributed by atoms with Gasteiger partial charge in [-0.3, -0.25) is 14.4 Å². The van der Waals surface area contributed by atoms with Crippen LogP contribution >= 0.6 is 11.6 Å². The Morgan fingerprint density at radius 1 is 1.07 bits per heavy atom. The van der Waals surface area contributed by atoms with Gasteiger partial charge >= 0.3 is 5.97 Å². The Hall–Kier alpha value is -3.20. The van der Waals surface area contributed by atoms with Crippen molar-refractivity contribution in [3.63, 3.8) is 0 Å². The second-order valence-electron chi connectivity index (χ2n) is 10.7. The maximum absolute atomic E-state index is 12.4. The van der Waals surface area contributed by atoms with Gasteiger partial charge in [-0.05, 0) is 42.7 Å². The molecule has 0 amide bonds. The van der Waals surface area contributed by atoms with Crippen molar-refractivity contribution in [3.05, 3.63) is 75.4 Å². The fraction of sp³-hybridized carbons (Fsp3) is 0.419. The Labute approximate surface area is 252 Å². The lowest BCUT2D eigenvalue weighted by Gasteiger charge is -2.27. The van der Waals surface area contributed by atoms with E-state index < -0.39 is 16.0 Å². The molecule has 3 aromatic rings. The number of halogens is 1. The van der Waals surface area contributed by atoms with E-state index in [1.165, 1.54) is 10.6 Å². The van der Waals surface area contributed by atoms with Gasteiger partial charge in [-0.25, -0.2) is 8.42 Å². The first kappa shape index (κ1) is 30.3. The molecule has 1 fully saturated rings. The molecule has 222 valence electrons. The minimum atomic E-state index is -3.35. The molecule has 2 aromatic carbocycles. The largest absolute Gasteiger partial charge is 0.481 e. The number of rotatable bonds is 9. The summed E-state index contributed by atoms with van der Waals surface area (Å²) >= 11 is 6.54. The summed E-state index contributed by atoms with van der Waals surface area (Å²) in [5, 5.41) is 14.4. The molecule has 11 heteroatoms. The zero-order valence-corrected chi connectivity index (χ0v) is 25.3. The minimum Gasteiger partial charge on any atom is -0.481 e. The number of carbonyl (C=O) groups is 1. The highest BCUT2D eigenvalue weighted by molar-refractivity contribution is 7.88. The van der Waals surface area contributed by atoms with Gasteiger partial charge in [-0.1, -0.05) is 41.6 Å². The van der Waals surface area contributed by atoms with E-state index in [1.807, 2.05) is 36.4 Å². The van der Waals surface area contributed by atoms with E-state index in [1.54, 1.807) is 6.07 Å². The Kier molecular flexibility index (Phi) is 9.66. The molecule has 0 aliphatic carbocycles.